The monoisotopic (exact) mass is 503 g/mol. The summed E-state index contributed by atoms with van der Waals surface area (Å²) in [6, 6.07) is 4.90. The van der Waals surface area contributed by atoms with E-state index in [0.29, 0.717) is 6.04 Å². The van der Waals surface area contributed by atoms with Crippen molar-refractivity contribution in [2.24, 2.45) is 4.99 Å². The molecule has 27 heavy (non-hydrogen) atoms. The van der Waals surface area contributed by atoms with Gasteiger partial charge in [0.05, 0.1) is 0 Å². The molecule has 0 radical (unpaired) electrons. The molecule has 0 aromatic carbocycles. The first-order chi connectivity index (χ1) is 12.8. The summed E-state index contributed by atoms with van der Waals surface area (Å²) in [5.41, 5.74) is 1.19. The average molecular weight is 503 g/mol. The van der Waals surface area contributed by atoms with Crippen molar-refractivity contribution >= 4 is 47.5 Å². The first-order valence-electron chi connectivity index (χ1n) is 9.98. The van der Waals surface area contributed by atoms with Crippen molar-refractivity contribution in [3.05, 3.63) is 23.9 Å². The first kappa shape index (κ1) is 22.6. The Balaban J connectivity index is 0.00000261. The van der Waals surface area contributed by atoms with E-state index in [0.717, 1.165) is 36.7 Å². The number of anilines is 1. The van der Waals surface area contributed by atoms with Gasteiger partial charge in [0, 0.05) is 44.2 Å². The Morgan fingerprint density at radius 3 is 2.59 bits per heavy atom. The maximum Gasteiger partial charge on any atom is 0.191 e. The lowest BCUT2D eigenvalue weighted by atomic mass is 10.2. The number of hydrogen-bond donors (Lipinski definition) is 2. The zero-order chi connectivity index (χ0) is 18.2. The molecule has 2 heterocycles. The number of nitrogens with zero attached hydrogens (tertiary/aromatic N) is 3. The molecule has 2 aliphatic rings. The molecule has 0 spiro atoms. The van der Waals surface area contributed by atoms with Gasteiger partial charge in [0.2, 0.25) is 0 Å². The summed E-state index contributed by atoms with van der Waals surface area (Å²) in [6.07, 6.45) is 13.2. The van der Waals surface area contributed by atoms with Crippen LogP contribution in [-0.2, 0) is 6.54 Å². The highest BCUT2D eigenvalue weighted by Crippen LogP contribution is 2.28. The van der Waals surface area contributed by atoms with E-state index >= 15 is 0 Å². The Bertz CT molecular complexity index is 572. The summed E-state index contributed by atoms with van der Waals surface area (Å²) in [6.45, 7) is 3.03. The number of aromatic nitrogens is 1. The fourth-order valence-corrected chi connectivity index (χ4v) is 4.66. The summed E-state index contributed by atoms with van der Waals surface area (Å²) in [5.74, 6) is 2.01. The van der Waals surface area contributed by atoms with Crippen LogP contribution in [0.5, 0.6) is 0 Å². The molecule has 2 atom stereocenters. The standard InChI is InChI=1S/C20H33N5S.HI/c1-21-20(24-17-8-9-18(13-17)26-2)23-15-16-7-10-19(22-14-16)25-11-5-3-4-6-12-25;/h7,10,14,17-18H,3-6,8-9,11-13,15H2,1-2H3,(H2,21,23,24);1H. The molecule has 3 rings (SSSR count). The van der Waals surface area contributed by atoms with Crippen LogP contribution in [0.4, 0.5) is 5.82 Å². The second kappa shape index (κ2) is 12.0. The number of halogens is 1. The Hall–Kier alpha value is -0.700. The average Bonchev–Trinajstić information content (AvgIpc) is 2.96. The predicted molar refractivity (Wildman–Crippen MR) is 129 cm³/mol. The summed E-state index contributed by atoms with van der Waals surface area (Å²) >= 11 is 1.98. The van der Waals surface area contributed by atoms with Crippen LogP contribution >= 0.6 is 35.7 Å². The molecule has 1 aliphatic heterocycles. The molecule has 152 valence electrons. The van der Waals surface area contributed by atoms with E-state index < -0.39 is 0 Å². The first-order valence-corrected chi connectivity index (χ1v) is 11.3. The Labute approximate surface area is 185 Å². The minimum absolute atomic E-state index is 0. The molecule has 1 aliphatic carbocycles. The van der Waals surface area contributed by atoms with Crippen LogP contribution in [0.15, 0.2) is 23.3 Å². The second-order valence-electron chi connectivity index (χ2n) is 7.36. The van der Waals surface area contributed by atoms with E-state index in [1.807, 2.05) is 25.0 Å². The molecule has 1 aromatic rings. The maximum absolute atomic E-state index is 4.69. The summed E-state index contributed by atoms with van der Waals surface area (Å²) in [5, 5.41) is 7.79. The largest absolute Gasteiger partial charge is 0.357 e. The van der Waals surface area contributed by atoms with E-state index in [-0.39, 0.29) is 24.0 Å². The minimum Gasteiger partial charge on any atom is -0.357 e. The van der Waals surface area contributed by atoms with Crippen molar-refractivity contribution in [2.75, 3.05) is 31.3 Å². The molecule has 0 bridgehead atoms. The highest BCUT2D eigenvalue weighted by molar-refractivity contribution is 14.0. The zero-order valence-electron chi connectivity index (χ0n) is 16.6. The molecule has 1 aromatic heterocycles. The highest BCUT2D eigenvalue weighted by atomic mass is 127. The van der Waals surface area contributed by atoms with Crippen molar-refractivity contribution in [2.45, 2.75) is 62.8 Å². The molecule has 2 unspecified atom stereocenters. The summed E-state index contributed by atoms with van der Waals surface area (Å²) < 4.78 is 0. The molecular weight excluding hydrogens is 469 g/mol. The highest BCUT2D eigenvalue weighted by Gasteiger charge is 2.24. The van der Waals surface area contributed by atoms with Crippen LogP contribution in [-0.4, -0.2) is 48.6 Å². The van der Waals surface area contributed by atoms with E-state index in [1.54, 1.807) is 0 Å². The summed E-state index contributed by atoms with van der Waals surface area (Å²) in [4.78, 5) is 11.5. The van der Waals surface area contributed by atoms with Gasteiger partial charge in [0.15, 0.2) is 5.96 Å². The van der Waals surface area contributed by atoms with Gasteiger partial charge < -0.3 is 15.5 Å². The summed E-state index contributed by atoms with van der Waals surface area (Å²) in [7, 11) is 1.84. The lowest BCUT2D eigenvalue weighted by Crippen LogP contribution is -2.42. The van der Waals surface area contributed by atoms with Crippen LogP contribution in [0, 0.1) is 0 Å². The molecule has 7 heteroatoms. The number of nitrogens with one attached hydrogen (secondary N) is 2. The van der Waals surface area contributed by atoms with Crippen LogP contribution < -0.4 is 15.5 Å². The molecule has 1 saturated heterocycles. The number of thioether (sulfide) groups is 1. The predicted octanol–water partition coefficient (Wildman–Crippen LogP) is 4.03. The fraction of sp³-hybridized carbons (Fsp3) is 0.700. The van der Waals surface area contributed by atoms with E-state index in [4.69, 9.17) is 4.98 Å². The number of guanidine groups is 1. The molecule has 5 nitrogen and oxygen atoms in total. The number of aliphatic imine (C=N–C) groups is 1. The Kier molecular flexibility index (Phi) is 10.0. The van der Waals surface area contributed by atoms with E-state index in [2.05, 4.69) is 38.9 Å². The molecule has 0 amide bonds. The molecule has 2 N–H and O–H groups in total. The van der Waals surface area contributed by atoms with Gasteiger partial charge in [-0.05, 0) is 50.0 Å². The Morgan fingerprint density at radius 2 is 2.00 bits per heavy atom. The molecule has 1 saturated carbocycles. The lowest BCUT2D eigenvalue weighted by Gasteiger charge is -2.21. The molecule has 2 fully saturated rings. The van der Waals surface area contributed by atoms with Gasteiger partial charge in [-0.25, -0.2) is 4.98 Å². The van der Waals surface area contributed by atoms with Gasteiger partial charge in [-0.2, -0.15) is 11.8 Å². The van der Waals surface area contributed by atoms with Crippen LogP contribution in [0.3, 0.4) is 0 Å². The Morgan fingerprint density at radius 1 is 1.22 bits per heavy atom. The van der Waals surface area contributed by atoms with Crippen molar-refractivity contribution in [1.29, 1.82) is 0 Å². The van der Waals surface area contributed by atoms with Crippen molar-refractivity contribution < 1.29 is 0 Å². The van der Waals surface area contributed by atoms with Gasteiger partial charge in [0.1, 0.15) is 5.82 Å². The molecular formula is C20H34IN5S. The topological polar surface area (TPSA) is 52.6 Å². The maximum atomic E-state index is 4.69. The van der Waals surface area contributed by atoms with Gasteiger partial charge in [-0.3, -0.25) is 4.99 Å². The lowest BCUT2D eigenvalue weighted by molar-refractivity contribution is 0.614. The van der Waals surface area contributed by atoms with Crippen molar-refractivity contribution in [1.82, 2.24) is 15.6 Å². The van der Waals surface area contributed by atoms with Gasteiger partial charge in [-0.15, -0.1) is 24.0 Å². The third-order valence-electron chi connectivity index (χ3n) is 5.48. The third-order valence-corrected chi connectivity index (χ3v) is 6.58. The zero-order valence-corrected chi connectivity index (χ0v) is 19.8. The number of pyridine rings is 1. The van der Waals surface area contributed by atoms with Crippen LogP contribution in [0.1, 0.15) is 50.5 Å². The van der Waals surface area contributed by atoms with Crippen molar-refractivity contribution in [3.8, 4) is 0 Å². The van der Waals surface area contributed by atoms with E-state index in [9.17, 15) is 0 Å². The third kappa shape index (κ3) is 7.00. The van der Waals surface area contributed by atoms with Crippen molar-refractivity contribution in [3.63, 3.8) is 0 Å². The fourth-order valence-electron chi connectivity index (χ4n) is 3.87. The normalized spacial score (nSPS) is 23.5. The minimum atomic E-state index is 0. The number of rotatable bonds is 5. The number of hydrogen-bond acceptors (Lipinski definition) is 4. The van der Waals surface area contributed by atoms with Crippen LogP contribution in [0.2, 0.25) is 0 Å². The smallest absolute Gasteiger partial charge is 0.191 e. The van der Waals surface area contributed by atoms with Gasteiger partial charge >= 0.3 is 0 Å². The SMILES string of the molecule is CN=C(NCc1ccc(N2CCCCCC2)nc1)NC1CCC(SC)C1.I. The van der Waals surface area contributed by atoms with E-state index in [1.165, 1.54) is 50.5 Å². The van der Waals surface area contributed by atoms with Gasteiger partial charge in [-0.1, -0.05) is 18.9 Å². The second-order valence-corrected chi connectivity index (χ2v) is 8.50. The van der Waals surface area contributed by atoms with Crippen LogP contribution in [0.25, 0.3) is 0 Å². The quantitative estimate of drug-likeness (QED) is 0.361. The van der Waals surface area contributed by atoms with Gasteiger partial charge in [0.25, 0.3) is 0 Å².